The van der Waals surface area contributed by atoms with E-state index in [0.717, 1.165) is 23.4 Å². The first-order valence-corrected chi connectivity index (χ1v) is 7.40. The molecule has 2 aromatic rings. The summed E-state index contributed by atoms with van der Waals surface area (Å²) < 4.78 is 0. The molecule has 0 spiro atoms. The van der Waals surface area contributed by atoms with Crippen LogP contribution < -0.4 is 4.90 Å². The minimum absolute atomic E-state index is 0.672. The Hall–Kier alpha value is -2.61. The van der Waals surface area contributed by atoms with Gasteiger partial charge < -0.3 is 4.90 Å². The van der Waals surface area contributed by atoms with Gasteiger partial charge in [0.05, 0.1) is 0 Å². The molecule has 0 heterocycles. The summed E-state index contributed by atoms with van der Waals surface area (Å²) >= 11 is 0. The van der Waals surface area contributed by atoms with Crippen molar-refractivity contribution in [1.82, 2.24) is 0 Å². The maximum atomic E-state index is 11.1. The van der Waals surface area contributed by atoms with Crippen LogP contribution in [0.25, 0.3) is 0 Å². The SMILES string of the molecule is CC=CC(=CC)N(c1cccc(C)c1)c1cccc(C=O)c1. The molecule has 2 aromatic carbocycles. The van der Waals surface area contributed by atoms with Crippen LogP contribution in [-0.2, 0) is 0 Å². The van der Waals surface area contributed by atoms with Gasteiger partial charge in [-0.1, -0.05) is 36.4 Å². The molecular weight excluding hydrogens is 270 g/mol. The van der Waals surface area contributed by atoms with E-state index in [0.29, 0.717) is 5.56 Å². The molecule has 112 valence electrons. The molecule has 0 aliphatic heterocycles. The second-order valence-electron chi connectivity index (χ2n) is 5.10. The third kappa shape index (κ3) is 3.53. The lowest BCUT2D eigenvalue weighted by atomic mass is 10.1. The highest BCUT2D eigenvalue weighted by atomic mass is 16.1. The van der Waals surface area contributed by atoms with Crippen molar-refractivity contribution in [3.63, 3.8) is 0 Å². The van der Waals surface area contributed by atoms with Crippen molar-refractivity contribution in [2.24, 2.45) is 0 Å². The third-order valence-corrected chi connectivity index (χ3v) is 3.42. The summed E-state index contributed by atoms with van der Waals surface area (Å²) in [5, 5.41) is 0. The van der Waals surface area contributed by atoms with Gasteiger partial charge in [0, 0.05) is 22.6 Å². The van der Waals surface area contributed by atoms with Crippen LogP contribution >= 0.6 is 0 Å². The molecule has 0 aliphatic rings. The Balaban J connectivity index is 2.61. The van der Waals surface area contributed by atoms with Crippen molar-refractivity contribution in [3.05, 3.63) is 83.6 Å². The van der Waals surface area contributed by atoms with Crippen molar-refractivity contribution < 1.29 is 4.79 Å². The number of allylic oxidation sites excluding steroid dienone is 3. The first kappa shape index (κ1) is 15.8. The molecule has 2 nitrogen and oxygen atoms in total. The smallest absolute Gasteiger partial charge is 0.150 e. The van der Waals surface area contributed by atoms with Crippen LogP contribution in [0.15, 0.2) is 72.5 Å². The predicted molar refractivity (Wildman–Crippen MR) is 93.7 cm³/mol. The fraction of sp³-hybridized carbons (Fsp3) is 0.150. The van der Waals surface area contributed by atoms with Crippen molar-refractivity contribution >= 4 is 17.7 Å². The Morgan fingerprint density at radius 3 is 2.27 bits per heavy atom. The van der Waals surface area contributed by atoms with Crippen molar-refractivity contribution in [1.29, 1.82) is 0 Å². The lowest BCUT2D eigenvalue weighted by Crippen LogP contribution is -2.15. The lowest BCUT2D eigenvalue weighted by molar-refractivity contribution is 0.112. The zero-order valence-electron chi connectivity index (χ0n) is 13.3. The van der Waals surface area contributed by atoms with Gasteiger partial charge in [0.1, 0.15) is 6.29 Å². The Morgan fingerprint density at radius 2 is 1.68 bits per heavy atom. The largest absolute Gasteiger partial charge is 0.311 e. The highest BCUT2D eigenvalue weighted by Gasteiger charge is 2.12. The summed E-state index contributed by atoms with van der Waals surface area (Å²) in [6.07, 6.45) is 7.02. The fourth-order valence-corrected chi connectivity index (χ4v) is 2.42. The van der Waals surface area contributed by atoms with Gasteiger partial charge >= 0.3 is 0 Å². The molecule has 2 rings (SSSR count). The monoisotopic (exact) mass is 291 g/mol. The highest BCUT2D eigenvalue weighted by molar-refractivity contribution is 5.80. The number of rotatable bonds is 5. The van der Waals surface area contributed by atoms with Gasteiger partial charge in [0.25, 0.3) is 0 Å². The third-order valence-electron chi connectivity index (χ3n) is 3.42. The molecule has 0 saturated carbocycles. The number of benzene rings is 2. The number of nitrogens with zero attached hydrogens (tertiary/aromatic N) is 1. The number of aldehydes is 1. The van der Waals surface area contributed by atoms with Gasteiger partial charge in [-0.25, -0.2) is 0 Å². The number of aryl methyl sites for hydroxylation is 1. The predicted octanol–water partition coefficient (Wildman–Crippen LogP) is 5.43. The molecule has 0 fully saturated rings. The fourth-order valence-electron chi connectivity index (χ4n) is 2.42. The van der Waals surface area contributed by atoms with Gasteiger partial charge in [0.2, 0.25) is 0 Å². The lowest BCUT2D eigenvalue weighted by Gasteiger charge is -2.26. The molecule has 0 aliphatic carbocycles. The summed E-state index contributed by atoms with van der Waals surface area (Å²) in [6, 6.07) is 16.0. The quantitative estimate of drug-likeness (QED) is 0.541. The molecule has 0 amide bonds. The average Bonchev–Trinajstić information content (AvgIpc) is 2.54. The maximum Gasteiger partial charge on any atom is 0.150 e. The standard InChI is InChI=1S/C20H21NO/c1-4-8-18(5-2)21(19-11-6-9-16(3)13-19)20-12-7-10-17(14-20)15-22/h4-15H,1-3H3. The van der Waals surface area contributed by atoms with Crippen molar-refractivity contribution in [3.8, 4) is 0 Å². The van der Waals surface area contributed by atoms with Crippen molar-refractivity contribution in [2.45, 2.75) is 20.8 Å². The molecule has 0 bridgehead atoms. The number of anilines is 2. The molecule has 22 heavy (non-hydrogen) atoms. The molecule has 0 aromatic heterocycles. The summed E-state index contributed by atoms with van der Waals surface area (Å²) in [6.45, 7) is 6.09. The summed E-state index contributed by atoms with van der Waals surface area (Å²) in [4.78, 5) is 13.2. The zero-order chi connectivity index (χ0) is 15.9. The van der Waals surface area contributed by atoms with Crippen LogP contribution in [0.1, 0.15) is 29.8 Å². The van der Waals surface area contributed by atoms with E-state index in [4.69, 9.17) is 0 Å². The minimum Gasteiger partial charge on any atom is -0.311 e. The second kappa shape index (κ2) is 7.41. The van der Waals surface area contributed by atoms with E-state index in [1.54, 1.807) is 0 Å². The summed E-state index contributed by atoms with van der Waals surface area (Å²) in [7, 11) is 0. The van der Waals surface area contributed by atoms with E-state index < -0.39 is 0 Å². The second-order valence-corrected chi connectivity index (χ2v) is 5.10. The van der Waals surface area contributed by atoms with Crippen LogP contribution in [0.5, 0.6) is 0 Å². The maximum absolute atomic E-state index is 11.1. The average molecular weight is 291 g/mol. The molecule has 0 unspecified atom stereocenters. The Morgan fingerprint density at radius 1 is 1.00 bits per heavy atom. The Labute approximate surface area is 132 Å². The number of hydrogen-bond acceptors (Lipinski definition) is 2. The summed E-state index contributed by atoms with van der Waals surface area (Å²) in [5.74, 6) is 0. The van der Waals surface area contributed by atoms with Gasteiger partial charge in [-0.2, -0.15) is 0 Å². The van der Waals surface area contributed by atoms with Crippen LogP contribution in [0.4, 0.5) is 11.4 Å². The van der Waals surface area contributed by atoms with Crippen LogP contribution in [-0.4, -0.2) is 6.29 Å². The Bertz CT molecular complexity index is 713. The first-order chi connectivity index (χ1) is 10.7. The summed E-state index contributed by atoms with van der Waals surface area (Å²) in [5.41, 5.74) is 4.99. The van der Waals surface area contributed by atoms with Gasteiger partial charge in [-0.05, 0) is 56.7 Å². The minimum atomic E-state index is 0.672. The van der Waals surface area contributed by atoms with Crippen LogP contribution in [0, 0.1) is 6.92 Å². The molecule has 0 saturated heterocycles. The Kier molecular flexibility index (Phi) is 5.31. The molecule has 0 atom stereocenters. The molecule has 0 radical (unpaired) electrons. The number of carbonyl (C=O) groups is 1. The topological polar surface area (TPSA) is 20.3 Å². The van der Waals surface area contributed by atoms with Crippen LogP contribution in [0.3, 0.4) is 0 Å². The molecule has 0 N–H and O–H groups in total. The molecular formula is C20H21NO. The number of carbonyl (C=O) groups excluding carboxylic acids is 1. The van der Waals surface area contributed by atoms with Crippen molar-refractivity contribution in [2.75, 3.05) is 4.90 Å². The first-order valence-electron chi connectivity index (χ1n) is 7.40. The van der Waals surface area contributed by atoms with E-state index in [1.807, 2.05) is 50.3 Å². The van der Waals surface area contributed by atoms with Gasteiger partial charge in [-0.15, -0.1) is 0 Å². The van der Waals surface area contributed by atoms with Gasteiger partial charge in [0.15, 0.2) is 0 Å². The van der Waals surface area contributed by atoms with E-state index in [2.05, 4.69) is 42.2 Å². The van der Waals surface area contributed by atoms with Crippen LogP contribution in [0.2, 0.25) is 0 Å². The van der Waals surface area contributed by atoms with Gasteiger partial charge in [-0.3, -0.25) is 4.79 Å². The normalized spacial score (nSPS) is 11.7. The zero-order valence-corrected chi connectivity index (χ0v) is 13.3. The van der Waals surface area contributed by atoms with E-state index >= 15 is 0 Å². The van der Waals surface area contributed by atoms with E-state index in [1.165, 1.54) is 5.56 Å². The van der Waals surface area contributed by atoms with E-state index in [-0.39, 0.29) is 0 Å². The number of hydrogen-bond donors (Lipinski definition) is 0. The molecule has 2 heteroatoms. The highest BCUT2D eigenvalue weighted by Crippen LogP contribution is 2.31. The van der Waals surface area contributed by atoms with E-state index in [9.17, 15) is 4.79 Å².